The lowest BCUT2D eigenvalue weighted by Gasteiger charge is -2.04. The highest BCUT2D eigenvalue weighted by Crippen LogP contribution is 2.23. The molecule has 0 saturated carbocycles. The Bertz CT molecular complexity index is 523. The molecule has 2 rings (SSSR count). The van der Waals surface area contributed by atoms with E-state index in [0.29, 0.717) is 18.2 Å². The zero-order valence-electron chi connectivity index (χ0n) is 11.3. The Morgan fingerprint density at radius 1 is 1.42 bits per heavy atom. The fourth-order valence-electron chi connectivity index (χ4n) is 1.79. The highest BCUT2D eigenvalue weighted by molar-refractivity contribution is 7.98. The van der Waals surface area contributed by atoms with Gasteiger partial charge in [-0.2, -0.15) is 4.98 Å². The van der Waals surface area contributed by atoms with Crippen LogP contribution >= 0.6 is 11.8 Å². The van der Waals surface area contributed by atoms with E-state index in [4.69, 9.17) is 10.3 Å². The summed E-state index contributed by atoms with van der Waals surface area (Å²) in [4.78, 5) is 5.63. The van der Waals surface area contributed by atoms with Crippen molar-refractivity contribution >= 4 is 11.8 Å². The fraction of sp³-hybridized carbons (Fsp3) is 0.429. The second-order valence-electron chi connectivity index (χ2n) is 4.49. The van der Waals surface area contributed by atoms with Gasteiger partial charge in [0.1, 0.15) is 0 Å². The van der Waals surface area contributed by atoms with E-state index in [1.807, 2.05) is 0 Å². The maximum absolute atomic E-state index is 5.67. The minimum atomic E-state index is 0.171. The summed E-state index contributed by atoms with van der Waals surface area (Å²) >= 11 is 1.71. The molecule has 0 radical (unpaired) electrons. The van der Waals surface area contributed by atoms with Crippen molar-refractivity contribution in [1.29, 1.82) is 0 Å². The summed E-state index contributed by atoms with van der Waals surface area (Å²) in [6, 6.07) is 8.39. The first-order valence-electron chi connectivity index (χ1n) is 6.45. The van der Waals surface area contributed by atoms with Crippen molar-refractivity contribution in [2.24, 2.45) is 5.73 Å². The molecule has 1 atom stereocenters. The molecule has 0 amide bonds. The molecule has 0 spiro atoms. The second kappa shape index (κ2) is 6.73. The van der Waals surface area contributed by atoms with E-state index in [0.717, 1.165) is 12.2 Å². The fourth-order valence-corrected chi connectivity index (χ4v) is 2.64. The van der Waals surface area contributed by atoms with Crippen LogP contribution in [0.3, 0.4) is 0 Å². The van der Waals surface area contributed by atoms with Gasteiger partial charge < -0.3 is 10.3 Å². The first-order valence-corrected chi connectivity index (χ1v) is 7.43. The average Bonchev–Trinajstić information content (AvgIpc) is 2.87. The van der Waals surface area contributed by atoms with E-state index >= 15 is 0 Å². The monoisotopic (exact) mass is 277 g/mol. The van der Waals surface area contributed by atoms with Crippen LogP contribution < -0.4 is 5.73 Å². The molecule has 0 bridgehead atoms. The lowest BCUT2D eigenvalue weighted by molar-refractivity contribution is 0.348. The maximum Gasteiger partial charge on any atom is 0.231 e. The zero-order valence-corrected chi connectivity index (χ0v) is 12.1. The Balaban J connectivity index is 1.97. The Morgan fingerprint density at radius 3 is 2.95 bits per heavy atom. The number of nitrogens with two attached hydrogens (primary N) is 1. The summed E-state index contributed by atoms with van der Waals surface area (Å²) in [6.07, 6.45) is 0.920. The number of aromatic nitrogens is 2. The first-order chi connectivity index (χ1) is 9.22. The Morgan fingerprint density at radius 2 is 2.26 bits per heavy atom. The number of thioether (sulfide) groups is 1. The maximum atomic E-state index is 5.67. The van der Waals surface area contributed by atoms with Crippen LogP contribution in [0.1, 0.15) is 36.5 Å². The smallest absolute Gasteiger partial charge is 0.231 e. The quantitative estimate of drug-likeness (QED) is 0.822. The van der Waals surface area contributed by atoms with Gasteiger partial charge >= 0.3 is 0 Å². The summed E-state index contributed by atoms with van der Waals surface area (Å²) in [7, 11) is 0. The summed E-state index contributed by atoms with van der Waals surface area (Å²) in [5, 5.41) is 4.01. The second-order valence-corrected chi connectivity index (χ2v) is 5.54. The van der Waals surface area contributed by atoms with Gasteiger partial charge in [-0.25, -0.2) is 0 Å². The number of hydrogen-bond donors (Lipinski definition) is 1. The molecule has 0 aliphatic heterocycles. The zero-order chi connectivity index (χ0) is 13.7. The van der Waals surface area contributed by atoms with Crippen molar-refractivity contribution in [1.82, 2.24) is 10.1 Å². The van der Waals surface area contributed by atoms with E-state index in [1.165, 1.54) is 10.5 Å². The molecule has 19 heavy (non-hydrogen) atoms. The van der Waals surface area contributed by atoms with Crippen molar-refractivity contribution in [2.45, 2.75) is 36.8 Å². The summed E-state index contributed by atoms with van der Waals surface area (Å²) in [5.74, 6) is 2.27. The Labute approximate surface area is 117 Å². The molecule has 1 unspecified atom stereocenters. The topological polar surface area (TPSA) is 64.9 Å². The third-order valence-electron chi connectivity index (χ3n) is 2.97. The van der Waals surface area contributed by atoms with Crippen LogP contribution in [0, 0.1) is 6.92 Å². The minimum absolute atomic E-state index is 0.171. The van der Waals surface area contributed by atoms with Gasteiger partial charge in [-0.15, -0.1) is 11.8 Å². The minimum Gasteiger partial charge on any atom is -0.339 e. The van der Waals surface area contributed by atoms with Crippen molar-refractivity contribution in [3.63, 3.8) is 0 Å². The standard InChI is InChI=1S/C14H19N3OS/c1-3-11(8-15)14-16-13(17-18-14)9-19-12-6-4-5-10(2)7-12/h4-7,11H,3,8-9,15H2,1-2H3. The summed E-state index contributed by atoms with van der Waals surface area (Å²) in [6.45, 7) is 4.70. The van der Waals surface area contributed by atoms with Crippen LogP contribution in [-0.2, 0) is 5.75 Å². The molecule has 1 aromatic carbocycles. The van der Waals surface area contributed by atoms with Crippen LogP contribution in [-0.4, -0.2) is 16.7 Å². The first kappa shape index (κ1) is 14.1. The Hall–Kier alpha value is -1.33. The van der Waals surface area contributed by atoms with Crippen molar-refractivity contribution < 1.29 is 4.52 Å². The number of rotatable bonds is 6. The van der Waals surface area contributed by atoms with Crippen molar-refractivity contribution in [2.75, 3.05) is 6.54 Å². The van der Waals surface area contributed by atoms with Crippen LogP contribution in [0.4, 0.5) is 0 Å². The normalized spacial score (nSPS) is 12.6. The molecule has 102 valence electrons. The number of aryl methyl sites for hydroxylation is 1. The van der Waals surface area contributed by atoms with Gasteiger partial charge in [-0.05, 0) is 25.5 Å². The molecule has 1 aromatic heterocycles. The van der Waals surface area contributed by atoms with E-state index in [9.17, 15) is 0 Å². The third-order valence-corrected chi connectivity index (χ3v) is 3.96. The van der Waals surface area contributed by atoms with Gasteiger partial charge in [0.2, 0.25) is 5.89 Å². The van der Waals surface area contributed by atoms with Crippen molar-refractivity contribution in [3.05, 3.63) is 41.5 Å². The molecule has 0 aliphatic rings. The molecular formula is C14H19N3OS. The van der Waals surface area contributed by atoms with E-state index in [-0.39, 0.29) is 5.92 Å². The van der Waals surface area contributed by atoms with Crippen LogP contribution in [0.2, 0.25) is 0 Å². The van der Waals surface area contributed by atoms with E-state index in [1.54, 1.807) is 11.8 Å². The highest BCUT2D eigenvalue weighted by atomic mass is 32.2. The van der Waals surface area contributed by atoms with Gasteiger partial charge in [0.25, 0.3) is 0 Å². The number of hydrogen-bond acceptors (Lipinski definition) is 5. The lowest BCUT2D eigenvalue weighted by atomic mass is 10.1. The van der Waals surface area contributed by atoms with Crippen LogP contribution in [0.15, 0.2) is 33.7 Å². The molecule has 0 fully saturated rings. The van der Waals surface area contributed by atoms with Gasteiger partial charge in [0.15, 0.2) is 5.82 Å². The van der Waals surface area contributed by atoms with E-state index in [2.05, 4.69) is 48.3 Å². The summed E-state index contributed by atoms with van der Waals surface area (Å²) < 4.78 is 5.27. The number of nitrogens with zero attached hydrogens (tertiary/aromatic N) is 2. The van der Waals surface area contributed by atoms with Gasteiger partial charge in [0, 0.05) is 11.4 Å². The largest absolute Gasteiger partial charge is 0.339 e. The van der Waals surface area contributed by atoms with Gasteiger partial charge in [0.05, 0.1) is 11.7 Å². The van der Waals surface area contributed by atoms with Gasteiger partial charge in [-0.3, -0.25) is 0 Å². The SMILES string of the molecule is CCC(CN)c1nc(CSc2cccc(C)c2)no1. The third kappa shape index (κ3) is 3.81. The molecule has 1 heterocycles. The molecule has 2 aromatic rings. The molecular weight excluding hydrogens is 258 g/mol. The molecule has 4 nitrogen and oxygen atoms in total. The Kier molecular flexibility index (Phi) is 4.99. The number of benzene rings is 1. The average molecular weight is 277 g/mol. The molecule has 0 aliphatic carbocycles. The van der Waals surface area contributed by atoms with Crippen LogP contribution in [0.25, 0.3) is 0 Å². The van der Waals surface area contributed by atoms with Gasteiger partial charge in [-0.1, -0.05) is 29.8 Å². The predicted molar refractivity (Wildman–Crippen MR) is 77.1 cm³/mol. The summed E-state index contributed by atoms with van der Waals surface area (Å²) in [5.41, 5.74) is 6.93. The molecule has 0 saturated heterocycles. The molecule has 5 heteroatoms. The highest BCUT2D eigenvalue weighted by Gasteiger charge is 2.15. The predicted octanol–water partition coefficient (Wildman–Crippen LogP) is 3.12. The van der Waals surface area contributed by atoms with E-state index < -0.39 is 0 Å². The van der Waals surface area contributed by atoms with Crippen molar-refractivity contribution in [3.8, 4) is 0 Å². The van der Waals surface area contributed by atoms with Crippen LogP contribution in [0.5, 0.6) is 0 Å². The lowest BCUT2D eigenvalue weighted by Crippen LogP contribution is -2.11. The molecule has 2 N–H and O–H groups in total.